The molecule has 1 aromatic heterocycles. The van der Waals surface area contributed by atoms with Crippen LogP contribution < -0.4 is 14.8 Å². The van der Waals surface area contributed by atoms with Gasteiger partial charge in [-0.1, -0.05) is 42.5 Å². The Morgan fingerprint density at radius 1 is 1.09 bits per heavy atom. The first-order chi connectivity index (χ1) is 16.5. The second-order valence-corrected chi connectivity index (χ2v) is 8.42. The normalized spacial score (nSPS) is 15.2. The largest absolute Gasteiger partial charge is 0.485 e. The van der Waals surface area contributed by atoms with E-state index in [4.69, 9.17) is 18.9 Å². The minimum atomic E-state index is -1.13. The van der Waals surface area contributed by atoms with E-state index in [1.165, 1.54) is 18.3 Å². The second kappa shape index (κ2) is 10.4. The maximum atomic E-state index is 12.8. The third-order valence-electron chi connectivity index (χ3n) is 4.96. The SMILES string of the molecule is CCOC(=O)c1cc(-c2ccccc2)sc1NC(=O)C(C)OC(=O)C1COc2ccccc2O1. The predicted molar refractivity (Wildman–Crippen MR) is 126 cm³/mol. The molecule has 1 aliphatic heterocycles. The van der Waals surface area contributed by atoms with E-state index >= 15 is 0 Å². The van der Waals surface area contributed by atoms with Crippen LogP contribution in [0.1, 0.15) is 24.2 Å². The lowest BCUT2D eigenvalue weighted by Gasteiger charge is -2.25. The molecule has 2 unspecified atom stereocenters. The van der Waals surface area contributed by atoms with E-state index in [0.29, 0.717) is 16.5 Å². The van der Waals surface area contributed by atoms with Crippen molar-refractivity contribution in [3.8, 4) is 21.9 Å². The van der Waals surface area contributed by atoms with E-state index in [-0.39, 0.29) is 18.8 Å². The molecular formula is C25H23NO7S. The smallest absolute Gasteiger partial charge is 0.351 e. The van der Waals surface area contributed by atoms with Gasteiger partial charge < -0.3 is 24.3 Å². The summed E-state index contributed by atoms with van der Waals surface area (Å²) in [4.78, 5) is 38.6. The van der Waals surface area contributed by atoms with E-state index in [9.17, 15) is 14.4 Å². The van der Waals surface area contributed by atoms with Crippen molar-refractivity contribution in [2.24, 2.45) is 0 Å². The maximum absolute atomic E-state index is 12.8. The molecule has 1 amide bonds. The van der Waals surface area contributed by atoms with Gasteiger partial charge in [-0.05, 0) is 37.6 Å². The van der Waals surface area contributed by atoms with Gasteiger partial charge in [-0.2, -0.15) is 0 Å². The summed E-state index contributed by atoms with van der Waals surface area (Å²) in [5, 5.41) is 3.01. The first-order valence-electron chi connectivity index (χ1n) is 10.7. The molecule has 4 rings (SSSR count). The number of hydrogen-bond acceptors (Lipinski definition) is 8. The summed E-state index contributed by atoms with van der Waals surface area (Å²) in [5.41, 5.74) is 1.13. The van der Waals surface area contributed by atoms with Gasteiger partial charge in [0.2, 0.25) is 6.10 Å². The number of rotatable bonds is 7. The van der Waals surface area contributed by atoms with Gasteiger partial charge in [-0.3, -0.25) is 4.79 Å². The molecule has 1 N–H and O–H groups in total. The molecule has 3 aromatic rings. The van der Waals surface area contributed by atoms with E-state index in [0.717, 1.165) is 10.4 Å². The van der Waals surface area contributed by atoms with Crippen LogP contribution in [0, 0.1) is 0 Å². The molecule has 1 aliphatic rings. The number of anilines is 1. The molecule has 9 heteroatoms. The van der Waals surface area contributed by atoms with Gasteiger partial charge in [0.05, 0.1) is 12.2 Å². The number of hydrogen-bond donors (Lipinski definition) is 1. The Morgan fingerprint density at radius 3 is 2.53 bits per heavy atom. The summed E-state index contributed by atoms with van der Waals surface area (Å²) in [6, 6.07) is 18.1. The number of fused-ring (bicyclic) bond motifs is 1. The van der Waals surface area contributed by atoms with Crippen LogP contribution in [-0.2, 0) is 19.1 Å². The molecule has 0 saturated heterocycles. The molecule has 0 spiro atoms. The van der Waals surface area contributed by atoms with Gasteiger partial charge in [0, 0.05) is 4.88 Å². The molecule has 2 aromatic carbocycles. The van der Waals surface area contributed by atoms with Crippen LogP contribution in [0.3, 0.4) is 0 Å². The molecule has 0 radical (unpaired) electrons. The zero-order valence-electron chi connectivity index (χ0n) is 18.6. The number of ether oxygens (including phenoxy) is 4. The maximum Gasteiger partial charge on any atom is 0.351 e. The lowest BCUT2D eigenvalue weighted by Crippen LogP contribution is -2.41. The van der Waals surface area contributed by atoms with Crippen molar-refractivity contribution >= 4 is 34.2 Å². The van der Waals surface area contributed by atoms with Crippen molar-refractivity contribution in [1.29, 1.82) is 0 Å². The Morgan fingerprint density at radius 2 is 1.79 bits per heavy atom. The number of nitrogens with one attached hydrogen (secondary N) is 1. The van der Waals surface area contributed by atoms with E-state index in [1.54, 1.807) is 37.3 Å². The number of thiophene rings is 1. The average Bonchev–Trinajstić information content (AvgIpc) is 3.28. The van der Waals surface area contributed by atoms with Crippen molar-refractivity contribution in [1.82, 2.24) is 0 Å². The second-order valence-electron chi connectivity index (χ2n) is 7.37. The number of esters is 2. The van der Waals surface area contributed by atoms with E-state index in [2.05, 4.69) is 5.32 Å². The van der Waals surface area contributed by atoms with Crippen LogP contribution in [0.2, 0.25) is 0 Å². The minimum Gasteiger partial charge on any atom is -0.485 e. The van der Waals surface area contributed by atoms with Crippen molar-refractivity contribution in [2.75, 3.05) is 18.5 Å². The van der Waals surface area contributed by atoms with Gasteiger partial charge in [0.15, 0.2) is 17.6 Å². The topological polar surface area (TPSA) is 100 Å². The highest BCUT2D eigenvalue weighted by Crippen LogP contribution is 2.36. The number of benzene rings is 2. The highest BCUT2D eigenvalue weighted by Gasteiger charge is 2.32. The fourth-order valence-corrected chi connectivity index (χ4v) is 4.30. The average molecular weight is 482 g/mol. The Bertz CT molecular complexity index is 1190. The van der Waals surface area contributed by atoms with Crippen LogP contribution in [0.5, 0.6) is 11.5 Å². The molecule has 0 aliphatic carbocycles. The summed E-state index contributed by atoms with van der Waals surface area (Å²) in [7, 11) is 0. The molecule has 8 nitrogen and oxygen atoms in total. The summed E-state index contributed by atoms with van der Waals surface area (Å²) in [5.74, 6) is -0.890. The minimum absolute atomic E-state index is 0.0252. The predicted octanol–water partition coefficient (Wildman–Crippen LogP) is 4.30. The summed E-state index contributed by atoms with van der Waals surface area (Å²) < 4.78 is 21.6. The first kappa shape index (κ1) is 23.3. The Hall–Kier alpha value is -3.85. The van der Waals surface area contributed by atoms with Crippen LogP contribution >= 0.6 is 11.3 Å². The monoisotopic (exact) mass is 481 g/mol. The first-order valence-corrected chi connectivity index (χ1v) is 11.5. The zero-order valence-corrected chi connectivity index (χ0v) is 19.4. The molecule has 176 valence electrons. The number of amides is 1. The quantitative estimate of drug-likeness (QED) is 0.502. The van der Waals surface area contributed by atoms with E-state index in [1.807, 2.05) is 30.3 Å². The molecular weight excluding hydrogens is 458 g/mol. The van der Waals surface area contributed by atoms with Crippen LogP contribution in [0.4, 0.5) is 5.00 Å². The van der Waals surface area contributed by atoms with Crippen molar-refractivity contribution in [2.45, 2.75) is 26.1 Å². The fourth-order valence-electron chi connectivity index (χ4n) is 3.24. The van der Waals surface area contributed by atoms with Crippen molar-refractivity contribution in [3.05, 3.63) is 66.2 Å². The van der Waals surface area contributed by atoms with Gasteiger partial charge in [0.1, 0.15) is 11.6 Å². The molecule has 2 heterocycles. The van der Waals surface area contributed by atoms with Gasteiger partial charge >= 0.3 is 11.9 Å². The third-order valence-corrected chi connectivity index (χ3v) is 6.06. The van der Waals surface area contributed by atoms with Gasteiger partial charge in [-0.15, -0.1) is 11.3 Å². The zero-order chi connectivity index (χ0) is 24.1. The molecule has 0 fully saturated rings. The van der Waals surface area contributed by atoms with Crippen molar-refractivity contribution in [3.63, 3.8) is 0 Å². The standard InChI is InChI=1S/C25H23NO7S/c1-3-30-24(28)17-13-21(16-9-5-4-6-10-16)34-23(17)26-22(27)15(2)32-25(29)20-14-31-18-11-7-8-12-19(18)33-20/h4-13,15,20H,3,14H2,1-2H3,(H,26,27). The van der Waals surface area contributed by atoms with Crippen LogP contribution in [0.25, 0.3) is 10.4 Å². The highest BCUT2D eigenvalue weighted by molar-refractivity contribution is 7.20. The Kier molecular flexibility index (Phi) is 7.12. The number of carbonyl (C=O) groups is 3. The third kappa shape index (κ3) is 5.20. The Balaban J connectivity index is 1.44. The van der Waals surface area contributed by atoms with Crippen LogP contribution in [0.15, 0.2) is 60.7 Å². The molecule has 0 bridgehead atoms. The lowest BCUT2D eigenvalue weighted by atomic mass is 10.1. The summed E-state index contributed by atoms with van der Waals surface area (Å²) in [6.45, 7) is 3.32. The lowest BCUT2D eigenvalue weighted by molar-refractivity contribution is -0.162. The Labute approximate surface area is 200 Å². The summed E-state index contributed by atoms with van der Waals surface area (Å²) >= 11 is 1.23. The fraction of sp³-hybridized carbons (Fsp3) is 0.240. The number of para-hydroxylation sites is 2. The highest BCUT2D eigenvalue weighted by atomic mass is 32.1. The molecule has 2 atom stereocenters. The van der Waals surface area contributed by atoms with Gasteiger partial charge in [-0.25, -0.2) is 9.59 Å². The molecule has 0 saturated carbocycles. The summed E-state index contributed by atoms with van der Waals surface area (Å²) in [6.07, 6.45) is -2.13. The molecule has 34 heavy (non-hydrogen) atoms. The van der Waals surface area contributed by atoms with E-state index < -0.39 is 30.1 Å². The van der Waals surface area contributed by atoms with Gasteiger partial charge in [0.25, 0.3) is 5.91 Å². The van der Waals surface area contributed by atoms with Crippen LogP contribution in [-0.4, -0.2) is 43.3 Å². The number of carbonyl (C=O) groups excluding carboxylic acids is 3. The van der Waals surface area contributed by atoms with Crippen molar-refractivity contribution < 1.29 is 33.3 Å².